The van der Waals surface area contributed by atoms with Gasteiger partial charge in [0.05, 0.1) is 22.7 Å². The summed E-state index contributed by atoms with van der Waals surface area (Å²) < 4.78 is 3.91. The Bertz CT molecular complexity index is 994. The quantitative estimate of drug-likeness (QED) is 0.437. The minimum absolute atomic E-state index is 0.178. The molecule has 27 heavy (non-hydrogen) atoms. The number of benzene rings is 1. The summed E-state index contributed by atoms with van der Waals surface area (Å²) in [7, 11) is 1.95. The van der Waals surface area contributed by atoms with Crippen molar-refractivity contribution in [3.05, 3.63) is 67.6 Å². The van der Waals surface area contributed by atoms with E-state index in [-0.39, 0.29) is 5.82 Å². The molecule has 0 radical (unpaired) electrons. The van der Waals surface area contributed by atoms with Crippen LogP contribution in [-0.2, 0) is 13.2 Å². The molecule has 142 valence electrons. The third kappa shape index (κ3) is 3.93. The largest absolute Gasteiger partial charge is 0.404 e. The lowest BCUT2D eigenvalue weighted by Crippen LogP contribution is -2.22. The zero-order valence-corrected chi connectivity index (χ0v) is 17.3. The molecule has 0 saturated carbocycles. The van der Waals surface area contributed by atoms with Crippen molar-refractivity contribution in [1.82, 2.24) is 24.5 Å². The van der Waals surface area contributed by atoms with E-state index in [1.807, 2.05) is 35.7 Å². The molecule has 0 aliphatic rings. The Balaban J connectivity index is 1.81. The molecule has 0 N–H and O–H groups in total. The fourth-order valence-electron chi connectivity index (χ4n) is 3.09. The Kier molecular flexibility index (Phi) is 5.43. The van der Waals surface area contributed by atoms with Gasteiger partial charge < -0.3 is 10.1 Å². The van der Waals surface area contributed by atoms with E-state index in [2.05, 4.69) is 47.0 Å². The van der Waals surface area contributed by atoms with Crippen LogP contribution < -0.4 is 0 Å². The van der Waals surface area contributed by atoms with E-state index in [0.717, 1.165) is 28.2 Å². The number of rotatable bonds is 6. The Labute approximate surface area is 165 Å². The van der Waals surface area contributed by atoms with Crippen LogP contribution in [0.2, 0.25) is 0 Å². The van der Waals surface area contributed by atoms with Gasteiger partial charge in [0, 0.05) is 17.8 Å². The average molecular weight is 433 g/mol. The number of nitrogens with zero attached hydrogens (tertiary/aromatic N) is 6. The van der Waals surface area contributed by atoms with Gasteiger partial charge in [0.1, 0.15) is 11.1 Å². The van der Waals surface area contributed by atoms with Gasteiger partial charge in [0.15, 0.2) is 0 Å². The predicted octanol–water partition coefficient (Wildman–Crippen LogP) is 3.75. The van der Waals surface area contributed by atoms with E-state index >= 15 is 0 Å². The summed E-state index contributed by atoms with van der Waals surface area (Å²) in [5.74, 6) is -0.178. The minimum atomic E-state index is -0.499. The van der Waals surface area contributed by atoms with E-state index in [9.17, 15) is 10.1 Å². The molecule has 3 rings (SSSR count). The molecule has 0 fully saturated rings. The van der Waals surface area contributed by atoms with Crippen LogP contribution in [0.3, 0.4) is 0 Å². The third-order valence-corrected chi connectivity index (χ3v) is 5.03. The summed E-state index contributed by atoms with van der Waals surface area (Å²) in [6.07, 6.45) is 1.62. The normalized spacial score (nSPS) is 11.3. The monoisotopic (exact) mass is 432 g/mol. The lowest BCUT2D eigenvalue weighted by molar-refractivity contribution is -0.390. The first kappa shape index (κ1) is 19.2. The number of hydrogen-bond donors (Lipinski definition) is 0. The molecular weight excluding hydrogens is 412 g/mol. The molecule has 0 saturated heterocycles. The molecule has 0 aliphatic carbocycles. The van der Waals surface area contributed by atoms with E-state index in [4.69, 9.17) is 5.10 Å². The first-order valence-electron chi connectivity index (χ1n) is 8.45. The van der Waals surface area contributed by atoms with Crippen molar-refractivity contribution in [1.29, 1.82) is 0 Å². The molecule has 2 aromatic heterocycles. The van der Waals surface area contributed by atoms with E-state index in [0.29, 0.717) is 17.7 Å². The standard InChI is InChI=1S/C18H21BrN6O2/c1-12-7-5-6-8-17(12)24-14(3)15(13(2)20-24)9-22(4)11-23-10-16(19)18(21-23)25(26)27/h5-8,10H,9,11H2,1-4H3. The summed E-state index contributed by atoms with van der Waals surface area (Å²) in [5, 5.41) is 19.7. The summed E-state index contributed by atoms with van der Waals surface area (Å²) in [4.78, 5) is 12.5. The van der Waals surface area contributed by atoms with Crippen LogP contribution in [0.4, 0.5) is 5.82 Å². The Morgan fingerprint density at radius 3 is 2.56 bits per heavy atom. The van der Waals surface area contributed by atoms with E-state index in [1.54, 1.807) is 10.9 Å². The predicted molar refractivity (Wildman–Crippen MR) is 106 cm³/mol. The van der Waals surface area contributed by atoms with Crippen molar-refractivity contribution in [2.45, 2.75) is 34.0 Å². The summed E-state index contributed by atoms with van der Waals surface area (Å²) in [6, 6.07) is 8.15. The Morgan fingerprint density at radius 2 is 1.93 bits per heavy atom. The van der Waals surface area contributed by atoms with Crippen molar-refractivity contribution < 1.29 is 4.92 Å². The van der Waals surface area contributed by atoms with Crippen LogP contribution in [0.15, 0.2) is 34.9 Å². The van der Waals surface area contributed by atoms with Gasteiger partial charge in [0.2, 0.25) is 0 Å². The lowest BCUT2D eigenvalue weighted by atomic mass is 10.1. The summed E-state index contributed by atoms with van der Waals surface area (Å²) >= 11 is 3.18. The van der Waals surface area contributed by atoms with Gasteiger partial charge in [-0.1, -0.05) is 18.2 Å². The molecule has 0 amide bonds. The average Bonchev–Trinajstić information content (AvgIpc) is 3.09. The number of para-hydroxylation sites is 1. The highest BCUT2D eigenvalue weighted by Gasteiger charge is 2.20. The maximum absolute atomic E-state index is 10.9. The van der Waals surface area contributed by atoms with Gasteiger partial charge in [-0.2, -0.15) is 9.78 Å². The first-order valence-corrected chi connectivity index (χ1v) is 9.24. The van der Waals surface area contributed by atoms with Gasteiger partial charge >= 0.3 is 5.82 Å². The van der Waals surface area contributed by atoms with Crippen LogP contribution >= 0.6 is 15.9 Å². The van der Waals surface area contributed by atoms with Crippen LogP contribution in [0.1, 0.15) is 22.5 Å². The van der Waals surface area contributed by atoms with Gasteiger partial charge in [-0.05, 0) is 60.3 Å². The highest BCUT2D eigenvalue weighted by Crippen LogP contribution is 2.23. The zero-order valence-electron chi connectivity index (χ0n) is 15.7. The van der Waals surface area contributed by atoms with Gasteiger partial charge in [-0.3, -0.25) is 4.90 Å². The molecular formula is C18H21BrN6O2. The summed E-state index contributed by atoms with van der Waals surface area (Å²) in [5.41, 5.74) is 5.42. The molecule has 0 atom stereocenters. The molecule has 1 aromatic carbocycles. The molecule has 3 aromatic rings. The van der Waals surface area contributed by atoms with Crippen molar-refractivity contribution >= 4 is 21.7 Å². The highest BCUT2D eigenvalue weighted by molar-refractivity contribution is 9.10. The molecule has 0 spiro atoms. The SMILES string of the molecule is Cc1ccccc1-n1nc(C)c(CN(C)Cn2cc(Br)c([N+](=O)[O-])n2)c1C. The lowest BCUT2D eigenvalue weighted by Gasteiger charge is -2.15. The molecule has 8 nitrogen and oxygen atoms in total. The number of nitro groups is 1. The fourth-order valence-corrected chi connectivity index (χ4v) is 3.55. The number of aromatic nitrogens is 4. The number of aryl methyl sites for hydroxylation is 2. The smallest absolute Gasteiger partial charge is 0.358 e. The van der Waals surface area contributed by atoms with Crippen molar-refractivity contribution in [2.75, 3.05) is 7.05 Å². The fraction of sp³-hybridized carbons (Fsp3) is 0.333. The van der Waals surface area contributed by atoms with Gasteiger partial charge in [-0.25, -0.2) is 4.68 Å². The van der Waals surface area contributed by atoms with Crippen LogP contribution in [0, 0.1) is 30.9 Å². The van der Waals surface area contributed by atoms with Crippen molar-refractivity contribution in [2.24, 2.45) is 0 Å². The Morgan fingerprint density at radius 1 is 1.22 bits per heavy atom. The second-order valence-corrected chi connectivity index (χ2v) is 7.45. The Hall–Kier alpha value is -2.52. The topological polar surface area (TPSA) is 82.0 Å². The van der Waals surface area contributed by atoms with E-state index < -0.39 is 4.92 Å². The van der Waals surface area contributed by atoms with Gasteiger partial charge in [-0.15, -0.1) is 0 Å². The minimum Gasteiger partial charge on any atom is -0.358 e. The highest BCUT2D eigenvalue weighted by atomic mass is 79.9. The maximum Gasteiger partial charge on any atom is 0.404 e. The molecule has 0 bridgehead atoms. The van der Waals surface area contributed by atoms with Crippen LogP contribution in [-0.4, -0.2) is 36.4 Å². The molecule has 9 heteroatoms. The number of halogens is 1. The molecule has 0 unspecified atom stereocenters. The van der Waals surface area contributed by atoms with Gasteiger partial charge in [0.25, 0.3) is 0 Å². The van der Waals surface area contributed by atoms with Crippen molar-refractivity contribution in [3.8, 4) is 5.69 Å². The second kappa shape index (κ2) is 7.61. The number of hydrogen-bond acceptors (Lipinski definition) is 5. The van der Waals surface area contributed by atoms with Crippen molar-refractivity contribution in [3.63, 3.8) is 0 Å². The second-order valence-electron chi connectivity index (χ2n) is 6.60. The maximum atomic E-state index is 10.9. The summed E-state index contributed by atoms with van der Waals surface area (Å²) in [6.45, 7) is 7.22. The zero-order chi connectivity index (χ0) is 19.7. The van der Waals surface area contributed by atoms with Crippen LogP contribution in [0.5, 0.6) is 0 Å². The first-order chi connectivity index (χ1) is 12.8. The molecule has 0 aliphatic heterocycles. The van der Waals surface area contributed by atoms with Crippen LogP contribution in [0.25, 0.3) is 5.69 Å². The van der Waals surface area contributed by atoms with E-state index in [1.165, 1.54) is 0 Å². The molecule has 2 heterocycles. The third-order valence-electron chi connectivity index (χ3n) is 4.47.